The summed E-state index contributed by atoms with van der Waals surface area (Å²) >= 11 is 3.46. The van der Waals surface area contributed by atoms with Gasteiger partial charge in [0.25, 0.3) is 0 Å². The first-order valence-electron chi connectivity index (χ1n) is 5.60. The molecule has 2 aromatic rings. The molecule has 0 unspecified atom stereocenters. The van der Waals surface area contributed by atoms with Crippen molar-refractivity contribution in [1.82, 2.24) is 15.2 Å². The lowest BCUT2D eigenvalue weighted by molar-refractivity contribution is 0.853. The van der Waals surface area contributed by atoms with Gasteiger partial charge in [0.1, 0.15) is 5.82 Å². The highest BCUT2D eigenvalue weighted by atomic mass is 79.9. The second kappa shape index (κ2) is 5.82. The first kappa shape index (κ1) is 12.1. The van der Waals surface area contributed by atoms with Crippen LogP contribution in [0.15, 0.2) is 29.0 Å². The Balaban J connectivity index is 1.77. The summed E-state index contributed by atoms with van der Waals surface area (Å²) in [7, 11) is 0. The molecule has 0 atom stereocenters. The molecule has 2 heterocycles. The number of nitrogens with one attached hydrogen (secondary N) is 2. The van der Waals surface area contributed by atoms with Gasteiger partial charge in [-0.1, -0.05) is 0 Å². The average Bonchev–Trinajstić information content (AvgIpc) is 2.73. The van der Waals surface area contributed by atoms with E-state index in [0.29, 0.717) is 0 Å². The van der Waals surface area contributed by atoms with Crippen LogP contribution < -0.4 is 5.32 Å². The number of hydrogen-bond donors (Lipinski definition) is 2. The molecule has 0 aliphatic heterocycles. The van der Waals surface area contributed by atoms with Gasteiger partial charge in [0, 0.05) is 18.4 Å². The van der Waals surface area contributed by atoms with Crippen molar-refractivity contribution in [2.45, 2.75) is 19.8 Å². The number of hydrogen-bond acceptors (Lipinski definition) is 3. The summed E-state index contributed by atoms with van der Waals surface area (Å²) < 4.78 is 1.000. The number of nitrogens with zero attached hydrogens (tertiary/aromatic N) is 2. The maximum Gasteiger partial charge on any atom is 0.140 e. The molecule has 90 valence electrons. The van der Waals surface area contributed by atoms with Crippen molar-refractivity contribution in [2.75, 3.05) is 11.9 Å². The third-order valence-electron chi connectivity index (χ3n) is 2.61. The number of aromatic nitrogens is 3. The Hall–Kier alpha value is -1.36. The zero-order valence-electron chi connectivity index (χ0n) is 9.70. The Kier molecular flexibility index (Phi) is 4.14. The average molecular weight is 295 g/mol. The van der Waals surface area contributed by atoms with Crippen LogP contribution in [-0.4, -0.2) is 21.7 Å². The van der Waals surface area contributed by atoms with Gasteiger partial charge >= 0.3 is 0 Å². The van der Waals surface area contributed by atoms with Gasteiger partial charge in [-0.2, -0.15) is 5.10 Å². The van der Waals surface area contributed by atoms with Crippen molar-refractivity contribution >= 4 is 21.7 Å². The lowest BCUT2D eigenvalue weighted by Crippen LogP contribution is -2.05. The molecule has 5 heteroatoms. The minimum absolute atomic E-state index is 0.899. The van der Waals surface area contributed by atoms with E-state index in [1.54, 1.807) is 6.20 Å². The fraction of sp³-hybridized carbons (Fsp3) is 0.333. The molecule has 4 nitrogen and oxygen atoms in total. The van der Waals surface area contributed by atoms with Crippen molar-refractivity contribution in [2.24, 2.45) is 0 Å². The summed E-state index contributed by atoms with van der Waals surface area (Å²) in [6.45, 7) is 2.95. The number of pyridine rings is 1. The highest BCUT2D eigenvalue weighted by molar-refractivity contribution is 9.10. The van der Waals surface area contributed by atoms with Crippen molar-refractivity contribution < 1.29 is 0 Å². The van der Waals surface area contributed by atoms with Gasteiger partial charge in [0.05, 0.1) is 10.7 Å². The Bertz CT molecular complexity index is 481. The molecule has 17 heavy (non-hydrogen) atoms. The van der Waals surface area contributed by atoms with Gasteiger partial charge in [-0.25, -0.2) is 4.98 Å². The Labute approximate surface area is 109 Å². The molecule has 0 aromatic carbocycles. The smallest absolute Gasteiger partial charge is 0.140 e. The number of aromatic amines is 1. The second-order valence-corrected chi connectivity index (χ2v) is 4.74. The van der Waals surface area contributed by atoms with E-state index in [9.17, 15) is 0 Å². The van der Waals surface area contributed by atoms with Crippen LogP contribution in [0.3, 0.4) is 0 Å². The molecule has 0 radical (unpaired) electrons. The molecular weight excluding hydrogens is 280 g/mol. The topological polar surface area (TPSA) is 53.6 Å². The molecule has 2 aromatic heterocycles. The highest BCUT2D eigenvalue weighted by Crippen LogP contribution is 2.18. The third kappa shape index (κ3) is 3.30. The standard InChI is InChI=1S/C12H15BrN4/c1-9-10(8-16-17-9)4-2-6-14-12-11(13)5-3-7-15-12/h3,5,7-8H,2,4,6H2,1H3,(H,14,15)(H,16,17). The van der Waals surface area contributed by atoms with Crippen molar-refractivity contribution in [3.8, 4) is 0 Å². The van der Waals surface area contributed by atoms with E-state index in [-0.39, 0.29) is 0 Å². The van der Waals surface area contributed by atoms with E-state index in [2.05, 4.69) is 36.4 Å². The minimum atomic E-state index is 0.899. The van der Waals surface area contributed by atoms with Crippen LogP contribution in [0.5, 0.6) is 0 Å². The molecule has 0 aliphatic rings. The number of halogens is 1. The van der Waals surface area contributed by atoms with Crippen LogP contribution in [-0.2, 0) is 6.42 Å². The minimum Gasteiger partial charge on any atom is -0.369 e. The number of H-pyrrole nitrogens is 1. The van der Waals surface area contributed by atoms with Crippen LogP contribution in [0.4, 0.5) is 5.82 Å². The van der Waals surface area contributed by atoms with E-state index in [0.717, 1.165) is 35.4 Å². The first-order valence-corrected chi connectivity index (χ1v) is 6.40. The second-order valence-electron chi connectivity index (χ2n) is 3.88. The normalized spacial score (nSPS) is 10.5. The van der Waals surface area contributed by atoms with Gasteiger partial charge < -0.3 is 5.32 Å². The van der Waals surface area contributed by atoms with E-state index in [4.69, 9.17) is 0 Å². The number of anilines is 1. The Morgan fingerprint density at radius 1 is 1.47 bits per heavy atom. The molecule has 0 saturated heterocycles. The van der Waals surface area contributed by atoms with E-state index in [1.807, 2.05) is 25.3 Å². The quantitative estimate of drug-likeness (QED) is 0.834. The van der Waals surface area contributed by atoms with Crippen molar-refractivity contribution in [3.05, 3.63) is 40.3 Å². The molecule has 0 bridgehead atoms. The maximum absolute atomic E-state index is 4.25. The summed E-state index contributed by atoms with van der Waals surface area (Å²) in [5.74, 6) is 0.899. The summed E-state index contributed by atoms with van der Waals surface area (Å²) in [6.07, 6.45) is 5.77. The molecule has 0 aliphatic carbocycles. The van der Waals surface area contributed by atoms with E-state index < -0.39 is 0 Å². The van der Waals surface area contributed by atoms with Crippen LogP contribution in [0, 0.1) is 6.92 Å². The van der Waals surface area contributed by atoms with Gasteiger partial charge in [-0.15, -0.1) is 0 Å². The molecule has 2 N–H and O–H groups in total. The molecule has 0 saturated carbocycles. The molecule has 0 amide bonds. The number of aryl methyl sites for hydroxylation is 2. The lowest BCUT2D eigenvalue weighted by atomic mass is 10.1. The highest BCUT2D eigenvalue weighted by Gasteiger charge is 2.01. The van der Waals surface area contributed by atoms with E-state index >= 15 is 0 Å². The molecular formula is C12H15BrN4. The zero-order chi connectivity index (χ0) is 12.1. The van der Waals surface area contributed by atoms with Gasteiger partial charge in [-0.05, 0) is 53.4 Å². The van der Waals surface area contributed by atoms with Gasteiger partial charge in [0.2, 0.25) is 0 Å². The molecule has 2 rings (SSSR count). The monoisotopic (exact) mass is 294 g/mol. The van der Waals surface area contributed by atoms with E-state index in [1.165, 1.54) is 5.56 Å². The summed E-state index contributed by atoms with van der Waals surface area (Å²) in [4.78, 5) is 4.25. The van der Waals surface area contributed by atoms with Crippen LogP contribution in [0.25, 0.3) is 0 Å². The van der Waals surface area contributed by atoms with Crippen LogP contribution in [0.2, 0.25) is 0 Å². The van der Waals surface area contributed by atoms with Gasteiger partial charge in [0.15, 0.2) is 0 Å². The third-order valence-corrected chi connectivity index (χ3v) is 3.25. The largest absolute Gasteiger partial charge is 0.369 e. The summed E-state index contributed by atoms with van der Waals surface area (Å²) in [5.41, 5.74) is 2.44. The summed E-state index contributed by atoms with van der Waals surface area (Å²) in [6, 6.07) is 3.89. The Morgan fingerprint density at radius 2 is 2.35 bits per heavy atom. The predicted octanol–water partition coefficient (Wildman–Crippen LogP) is 2.92. The molecule has 0 fully saturated rings. The van der Waals surface area contributed by atoms with Crippen molar-refractivity contribution in [3.63, 3.8) is 0 Å². The molecule has 0 spiro atoms. The maximum atomic E-state index is 4.25. The van der Waals surface area contributed by atoms with Gasteiger partial charge in [-0.3, -0.25) is 5.10 Å². The van der Waals surface area contributed by atoms with Crippen LogP contribution in [0.1, 0.15) is 17.7 Å². The lowest BCUT2D eigenvalue weighted by Gasteiger charge is -2.06. The van der Waals surface area contributed by atoms with Crippen LogP contribution >= 0.6 is 15.9 Å². The van der Waals surface area contributed by atoms with Crippen molar-refractivity contribution in [1.29, 1.82) is 0 Å². The Morgan fingerprint density at radius 3 is 3.06 bits per heavy atom. The fourth-order valence-corrected chi connectivity index (χ4v) is 2.02. The fourth-order valence-electron chi connectivity index (χ4n) is 1.63. The SMILES string of the molecule is Cc1[nH]ncc1CCCNc1ncccc1Br. The first-order chi connectivity index (χ1) is 8.27. The number of rotatable bonds is 5. The summed E-state index contributed by atoms with van der Waals surface area (Å²) in [5, 5.41) is 10.3. The predicted molar refractivity (Wildman–Crippen MR) is 72.1 cm³/mol. The zero-order valence-corrected chi connectivity index (χ0v) is 11.3.